The molecule has 88 valence electrons. The van der Waals surface area contributed by atoms with Gasteiger partial charge in [0.05, 0.1) is 0 Å². The Bertz CT molecular complexity index is 336. The van der Waals surface area contributed by atoms with Crippen molar-refractivity contribution in [2.24, 2.45) is 0 Å². The molecule has 0 rings (SSSR count). The Morgan fingerprint density at radius 3 is 1.12 bits per heavy atom. The average molecular weight is 689 g/mol. The van der Waals surface area contributed by atoms with Gasteiger partial charge in [0.15, 0.2) is 0 Å². The van der Waals surface area contributed by atoms with Crippen molar-refractivity contribution in [1.82, 2.24) is 0 Å². The fourth-order valence-corrected chi connectivity index (χ4v) is 0.641. The minimum absolute atomic E-state index is 0. The van der Waals surface area contributed by atoms with Crippen LogP contribution in [0.15, 0.2) is 0 Å². The summed E-state index contributed by atoms with van der Waals surface area (Å²) < 4.78 is 60.1. The summed E-state index contributed by atoms with van der Waals surface area (Å²) in [5.41, 5.74) is 0. The van der Waals surface area contributed by atoms with Gasteiger partial charge in [0.25, 0.3) is 0 Å². The molecule has 0 unspecified atom stereocenters. The first-order chi connectivity index (χ1) is 5.10. The molecule has 0 aliphatic carbocycles. The van der Waals surface area contributed by atoms with Crippen LogP contribution in [0.2, 0.25) is 0 Å². The van der Waals surface area contributed by atoms with Crippen LogP contribution in [0.5, 0.6) is 0 Å². The van der Waals surface area contributed by atoms with Crippen molar-refractivity contribution >= 4 is 141 Å². The van der Waals surface area contributed by atoms with E-state index < -0.39 is 27.0 Å². The van der Waals surface area contributed by atoms with Crippen LogP contribution in [0.3, 0.4) is 0 Å². The third-order valence-electron chi connectivity index (χ3n) is 0.347. The van der Waals surface area contributed by atoms with Crippen LogP contribution in [0, 0.1) is 0 Å². The Balaban J connectivity index is -0.000000101. The van der Waals surface area contributed by atoms with Crippen LogP contribution in [0.1, 0.15) is 0 Å². The van der Waals surface area contributed by atoms with E-state index in [1.807, 2.05) is 0 Å². The Morgan fingerprint density at radius 1 is 0.812 bits per heavy atom. The molecule has 0 saturated carbocycles. The van der Waals surface area contributed by atoms with Crippen molar-refractivity contribution in [3.8, 4) is 0 Å². The number of hydrogen-bond donors (Lipinski definition) is 2. The molecule has 4 radical (unpaired) electrons. The summed E-state index contributed by atoms with van der Waals surface area (Å²) in [5.74, 6) is 0. The number of rotatable bonds is 2. The quantitative estimate of drug-likeness (QED) is 0.217. The second-order valence-electron chi connectivity index (χ2n) is 1.27. The van der Waals surface area contributed by atoms with Gasteiger partial charge in [-0.25, -0.2) is 4.79 Å². The summed E-state index contributed by atoms with van der Waals surface area (Å²) in [7, 11) is -10.3. The average Bonchev–Trinajstić information content (AvgIpc) is 1.49. The van der Waals surface area contributed by atoms with Crippen molar-refractivity contribution in [2.45, 2.75) is 0 Å². The van der Waals surface area contributed by atoms with E-state index in [4.69, 9.17) is 9.11 Å². The van der Waals surface area contributed by atoms with E-state index in [9.17, 15) is 21.6 Å². The first-order valence-corrected chi connectivity index (χ1v) is 4.71. The maximum absolute atomic E-state index is 9.95. The molecule has 0 bridgehead atoms. The number of carbonyl (C=O) groups excluding carboxylic acids is 1. The molecule has 0 aromatic heterocycles. The Hall–Kier alpha value is 2.93. The summed E-state index contributed by atoms with van der Waals surface area (Å²) in [6.45, 7) is 0. The molecule has 0 spiro atoms. The van der Waals surface area contributed by atoms with Crippen molar-refractivity contribution in [2.75, 3.05) is 0 Å². The topological polar surface area (TPSA) is 144 Å². The first-order valence-electron chi connectivity index (χ1n) is 1.98. The van der Waals surface area contributed by atoms with Gasteiger partial charge in [-0.1, -0.05) is 0 Å². The summed E-state index contributed by atoms with van der Waals surface area (Å²) in [6, 6.07) is 0. The van der Waals surface area contributed by atoms with Gasteiger partial charge in [0.1, 0.15) is 0 Å². The Kier molecular flexibility index (Phi) is 25.4. The summed E-state index contributed by atoms with van der Waals surface area (Å²) >= 11 is 0. The summed E-state index contributed by atoms with van der Waals surface area (Å²) in [5, 5.41) is 0. The molecular formula is CH8Na2O9Pb2S2. The molecule has 0 fully saturated rings. The van der Waals surface area contributed by atoms with Gasteiger partial charge in [-0.05, 0) is 0 Å². The second kappa shape index (κ2) is 12.9. The van der Waals surface area contributed by atoms with Gasteiger partial charge in [0, 0.05) is 0 Å². The fourth-order valence-electron chi connectivity index (χ4n) is 0.186. The van der Waals surface area contributed by atoms with E-state index in [2.05, 4.69) is 8.37 Å². The summed E-state index contributed by atoms with van der Waals surface area (Å²) in [6.07, 6.45) is -2.29. The molecule has 0 aromatic rings. The van der Waals surface area contributed by atoms with Crippen molar-refractivity contribution in [3.05, 3.63) is 0 Å². The first kappa shape index (κ1) is 31.4. The van der Waals surface area contributed by atoms with Crippen LogP contribution in [0.25, 0.3) is 0 Å². The number of hydrogen-bond acceptors (Lipinski definition) is 7. The van der Waals surface area contributed by atoms with E-state index in [1.54, 1.807) is 0 Å². The van der Waals surface area contributed by atoms with Gasteiger partial charge < -0.3 is 0 Å². The SMILES string of the molecule is O=C(OS(=O)(=O)O)OS(=O)(=O)O.[NaH].[NaH].[PbH2].[PbH2]. The molecule has 0 aliphatic heterocycles. The van der Waals surface area contributed by atoms with Gasteiger partial charge in [0.2, 0.25) is 0 Å². The molecule has 15 heteroatoms. The molecule has 0 saturated heterocycles. The maximum atomic E-state index is 9.95. The minimum atomic E-state index is -5.15. The predicted molar refractivity (Wildman–Crippen MR) is 62.0 cm³/mol. The second-order valence-corrected chi connectivity index (χ2v) is 3.32. The molecule has 16 heavy (non-hydrogen) atoms. The molecule has 0 amide bonds. The van der Waals surface area contributed by atoms with Crippen LogP contribution < -0.4 is 0 Å². The van der Waals surface area contributed by atoms with Crippen molar-refractivity contribution in [1.29, 1.82) is 0 Å². The van der Waals surface area contributed by atoms with Crippen LogP contribution in [0.4, 0.5) is 4.79 Å². The molecule has 0 heterocycles. The van der Waals surface area contributed by atoms with Gasteiger partial charge in [-0.3, -0.25) is 17.5 Å². The van der Waals surface area contributed by atoms with Crippen LogP contribution in [-0.4, -0.2) is 146 Å². The molecular weight excluding hydrogens is 681 g/mol. The predicted octanol–water partition coefficient (Wildman–Crippen LogP) is -4.38. The van der Waals surface area contributed by atoms with Crippen molar-refractivity contribution < 1.29 is 39.1 Å². The van der Waals surface area contributed by atoms with E-state index >= 15 is 0 Å². The molecule has 0 atom stereocenters. The molecule has 9 nitrogen and oxygen atoms in total. The summed E-state index contributed by atoms with van der Waals surface area (Å²) in [4.78, 5) is 9.95. The zero-order chi connectivity index (χ0) is 9.99. The zero-order valence-corrected chi connectivity index (χ0v) is 19.1. The zero-order valence-electron chi connectivity index (χ0n) is 6.48. The van der Waals surface area contributed by atoms with E-state index in [0.29, 0.717) is 0 Å². The van der Waals surface area contributed by atoms with E-state index in [0.717, 1.165) is 0 Å². The monoisotopic (exact) mass is 690 g/mol. The van der Waals surface area contributed by atoms with Crippen LogP contribution in [-0.2, 0) is 29.2 Å². The third kappa shape index (κ3) is 25.7. The Labute approximate surface area is 176 Å². The molecule has 0 aromatic carbocycles. The molecule has 0 aliphatic rings. The van der Waals surface area contributed by atoms with Crippen LogP contribution >= 0.6 is 0 Å². The number of carbonyl (C=O) groups is 1. The fraction of sp³-hybridized carbons (Fsp3) is 0. The van der Waals surface area contributed by atoms with Gasteiger partial charge >= 0.3 is 141 Å². The third-order valence-corrected chi connectivity index (χ3v) is 1.04. The van der Waals surface area contributed by atoms with Gasteiger partial charge in [-0.2, -0.15) is 16.8 Å². The van der Waals surface area contributed by atoms with E-state index in [1.165, 1.54) is 0 Å². The van der Waals surface area contributed by atoms with Crippen molar-refractivity contribution in [3.63, 3.8) is 0 Å². The Morgan fingerprint density at radius 2 is 1.00 bits per heavy atom. The van der Waals surface area contributed by atoms with E-state index in [-0.39, 0.29) is 114 Å². The molecule has 2 N–H and O–H groups in total. The normalized spacial score (nSPS) is 9.12. The van der Waals surface area contributed by atoms with Gasteiger partial charge in [-0.15, -0.1) is 0 Å². The standard InChI is InChI=1S/CH2O9S2.2Na.2Pb.6H/c2-1(9-11(3,4)5)10-12(6,7)8;;;;;;;;;;/h(H,3,4,5)(H,6,7,8);;;;;;;;;;.